The molecule has 0 saturated carbocycles. The molecule has 0 radical (unpaired) electrons. The summed E-state index contributed by atoms with van der Waals surface area (Å²) in [7, 11) is 0.665. The van der Waals surface area contributed by atoms with E-state index in [0.29, 0.717) is 12.2 Å². The predicted octanol–water partition coefficient (Wildman–Crippen LogP) is 2.46. The second kappa shape index (κ2) is 6.34. The van der Waals surface area contributed by atoms with Gasteiger partial charge in [-0.15, -0.1) is 11.6 Å². The van der Waals surface area contributed by atoms with Gasteiger partial charge in [0, 0.05) is 12.1 Å². The van der Waals surface area contributed by atoms with Crippen molar-refractivity contribution < 1.29 is 22.6 Å². The highest BCUT2D eigenvalue weighted by Crippen LogP contribution is 2.40. The van der Waals surface area contributed by atoms with E-state index >= 15 is 0 Å². The van der Waals surface area contributed by atoms with Crippen molar-refractivity contribution >= 4 is 21.4 Å². The first-order chi connectivity index (χ1) is 8.92. The van der Waals surface area contributed by atoms with Crippen LogP contribution in [0.25, 0.3) is 0 Å². The fourth-order valence-corrected chi connectivity index (χ4v) is 3.17. The van der Waals surface area contributed by atoms with Gasteiger partial charge >= 0.3 is 0 Å². The normalized spacial score (nSPS) is 12.9. The molecule has 0 aliphatic rings. The molecular formula is C12H17ClO5S. The Morgan fingerprint density at radius 1 is 1.11 bits per heavy atom. The number of hydrogen-bond acceptors (Lipinski definition) is 5. The molecule has 1 aromatic carbocycles. The Bertz CT molecular complexity index is 516. The molecule has 1 atom stereocenters. The standard InChI is InChI=1S/C12H17ClO5S/c1-5-11(13)19(14,15)8-6-9(16-2)12(18-4)10(7-8)17-3/h6-7,11H,5H2,1-4H3. The van der Waals surface area contributed by atoms with Crippen LogP contribution >= 0.6 is 11.6 Å². The van der Waals surface area contributed by atoms with Gasteiger partial charge in [0.2, 0.25) is 5.75 Å². The van der Waals surface area contributed by atoms with Crippen LogP contribution in [-0.4, -0.2) is 34.5 Å². The summed E-state index contributed by atoms with van der Waals surface area (Å²) in [5.74, 6) is 0.896. The summed E-state index contributed by atoms with van der Waals surface area (Å²) in [5.41, 5.74) is 0. The summed E-state index contributed by atoms with van der Waals surface area (Å²) in [6.45, 7) is 1.70. The lowest BCUT2D eigenvalue weighted by molar-refractivity contribution is 0.323. The van der Waals surface area contributed by atoms with Gasteiger partial charge in [-0.25, -0.2) is 8.42 Å². The molecule has 0 bridgehead atoms. The molecule has 7 heteroatoms. The second-order valence-electron chi connectivity index (χ2n) is 3.72. The highest BCUT2D eigenvalue weighted by Gasteiger charge is 2.27. The zero-order chi connectivity index (χ0) is 14.6. The van der Waals surface area contributed by atoms with Crippen LogP contribution in [0.3, 0.4) is 0 Å². The Balaban J connectivity index is 3.47. The molecule has 108 valence electrons. The monoisotopic (exact) mass is 308 g/mol. The maximum absolute atomic E-state index is 12.2. The summed E-state index contributed by atoms with van der Waals surface area (Å²) in [6, 6.07) is 2.75. The number of methoxy groups -OCH3 is 3. The van der Waals surface area contributed by atoms with E-state index in [1.165, 1.54) is 33.5 Å². The van der Waals surface area contributed by atoms with Crippen LogP contribution in [0, 0.1) is 0 Å². The molecule has 0 fully saturated rings. The number of hydrogen-bond donors (Lipinski definition) is 0. The summed E-state index contributed by atoms with van der Waals surface area (Å²) in [4.78, 5) is 0.0452. The van der Waals surface area contributed by atoms with E-state index in [1.54, 1.807) is 6.92 Å². The fraction of sp³-hybridized carbons (Fsp3) is 0.500. The number of halogens is 1. The summed E-state index contributed by atoms with van der Waals surface area (Å²) < 4.78 is 38.8. The van der Waals surface area contributed by atoms with E-state index in [9.17, 15) is 8.42 Å². The van der Waals surface area contributed by atoms with Crippen molar-refractivity contribution in [1.82, 2.24) is 0 Å². The molecule has 1 unspecified atom stereocenters. The number of benzene rings is 1. The first kappa shape index (κ1) is 15.9. The minimum Gasteiger partial charge on any atom is -0.493 e. The molecule has 1 rings (SSSR count). The molecule has 0 aromatic heterocycles. The van der Waals surface area contributed by atoms with Gasteiger partial charge in [-0.05, 0) is 6.42 Å². The average Bonchev–Trinajstić information content (AvgIpc) is 2.44. The van der Waals surface area contributed by atoms with Gasteiger partial charge in [0.1, 0.15) is 4.71 Å². The maximum Gasteiger partial charge on any atom is 0.203 e. The highest BCUT2D eigenvalue weighted by atomic mass is 35.5. The van der Waals surface area contributed by atoms with E-state index in [2.05, 4.69) is 0 Å². The van der Waals surface area contributed by atoms with Crippen molar-refractivity contribution in [2.24, 2.45) is 0 Å². The maximum atomic E-state index is 12.2. The average molecular weight is 309 g/mol. The Labute approximate surface area is 118 Å². The van der Waals surface area contributed by atoms with Crippen LogP contribution in [0.5, 0.6) is 17.2 Å². The minimum atomic E-state index is -3.63. The van der Waals surface area contributed by atoms with Crippen LogP contribution in [0.15, 0.2) is 17.0 Å². The van der Waals surface area contributed by atoms with Gasteiger partial charge < -0.3 is 14.2 Å². The Morgan fingerprint density at radius 2 is 1.58 bits per heavy atom. The minimum absolute atomic E-state index is 0.0452. The Morgan fingerprint density at radius 3 is 1.89 bits per heavy atom. The van der Waals surface area contributed by atoms with Gasteiger partial charge in [0.25, 0.3) is 0 Å². The van der Waals surface area contributed by atoms with E-state index < -0.39 is 14.5 Å². The summed E-state index contributed by atoms with van der Waals surface area (Å²) in [5, 5.41) is 0. The van der Waals surface area contributed by atoms with Crippen molar-refractivity contribution in [2.45, 2.75) is 22.9 Å². The van der Waals surface area contributed by atoms with Crippen LogP contribution in [0.4, 0.5) is 0 Å². The molecule has 0 spiro atoms. The van der Waals surface area contributed by atoms with Crippen molar-refractivity contribution in [2.75, 3.05) is 21.3 Å². The SMILES string of the molecule is CCC(Cl)S(=O)(=O)c1cc(OC)c(OC)c(OC)c1. The van der Waals surface area contributed by atoms with Crippen LogP contribution in [-0.2, 0) is 9.84 Å². The van der Waals surface area contributed by atoms with Gasteiger partial charge in [-0.1, -0.05) is 6.92 Å². The molecular weight excluding hydrogens is 292 g/mol. The molecule has 0 saturated heterocycles. The van der Waals surface area contributed by atoms with Crippen molar-refractivity contribution in [3.8, 4) is 17.2 Å². The van der Waals surface area contributed by atoms with Crippen molar-refractivity contribution in [3.63, 3.8) is 0 Å². The number of rotatable bonds is 6. The Kier molecular flexibility index (Phi) is 5.31. The second-order valence-corrected chi connectivity index (χ2v) is 6.64. The third kappa shape index (κ3) is 3.06. The third-order valence-corrected chi connectivity index (χ3v) is 5.54. The first-order valence-electron chi connectivity index (χ1n) is 5.60. The first-order valence-corrected chi connectivity index (χ1v) is 7.58. The molecule has 0 amide bonds. The van der Waals surface area contributed by atoms with Crippen LogP contribution in [0.1, 0.15) is 13.3 Å². The van der Waals surface area contributed by atoms with E-state index in [1.807, 2.05) is 0 Å². The molecule has 0 aliphatic carbocycles. The Hall–Kier alpha value is -1.14. The third-order valence-electron chi connectivity index (χ3n) is 2.62. The van der Waals surface area contributed by atoms with Crippen LogP contribution < -0.4 is 14.2 Å². The smallest absolute Gasteiger partial charge is 0.203 e. The quantitative estimate of drug-likeness (QED) is 0.755. The van der Waals surface area contributed by atoms with E-state index in [4.69, 9.17) is 25.8 Å². The summed E-state index contributed by atoms with van der Waals surface area (Å²) in [6.07, 6.45) is 0.306. The van der Waals surface area contributed by atoms with E-state index in [0.717, 1.165) is 0 Å². The van der Waals surface area contributed by atoms with Crippen molar-refractivity contribution in [3.05, 3.63) is 12.1 Å². The van der Waals surface area contributed by atoms with Crippen molar-refractivity contribution in [1.29, 1.82) is 0 Å². The molecule has 19 heavy (non-hydrogen) atoms. The number of alkyl halides is 1. The van der Waals surface area contributed by atoms with Gasteiger partial charge in [0.05, 0.1) is 26.2 Å². The molecule has 0 N–H and O–H groups in total. The number of sulfone groups is 1. The molecule has 1 aromatic rings. The van der Waals surface area contributed by atoms with E-state index in [-0.39, 0.29) is 16.4 Å². The lowest BCUT2D eigenvalue weighted by atomic mass is 10.3. The molecule has 5 nitrogen and oxygen atoms in total. The fourth-order valence-electron chi connectivity index (χ4n) is 1.59. The molecule has 0 heterocycles. The van der Waals surface area contributed by atoms with Gasteiger partial charge in [-0.2, -0.15) is 0 Å². The molecule has 0 aliphatic heterocycles. The highest BCUT2D eigenvalue weighted by molar-refractivity contribution is 7.93. The van der Waals surface area contributed by atoms with Crippen LogP contribution in [0.2, 0.25) is 0 Å². The lowest BCUT2D eigenvalue weighted by Crippen LogP contribution is -2.15. The zero-order valence-corrected chi connectivity index (χ0v) is 12.8. The number of ether oxygens (including phenoxy) is 3. The zero-order valence-electron chi connectivity index (χ0n) is 11.3. The summed E-state index contributed by atoms with van der Waals surface area (Å²) >= 11 is 5.86. The van der Waals surface area contributed by atoms with Gasteiger partial charge in [-0.3, -0.25) is 0 Å². The predicted molar refractivity (Wildman–Crippen MR) is 73.2 cm³/mol. The van der Waals surface area contributed by atoms with Gasteiger partial charge in [0.15, 0.2) is 21.3 Å². The lowest BCUT2D eigenvalue weighted by Gasteiger charge is -2.15. The largest absolute Gasteiger partial charge is 0.493 e. The topological polar surface area (TPSA) is 61.8 Å².